The molecule has 0 aliphatic rings. The van der Waals surface area contributed by atoms with Gasteiger partial charge in [-0.1, -0.05) is 55.0 Å². The summed E-state index contributed by atoms with van der Waals surface area (Å²) in [5.41, 5.74) is 5.54. The average molecular weight is 347 g/mol. The molecule has 0 aliphatic heterocycles. The summed E-state index contributed by atoms with van der Waals surface area (Å²) in [6, 6.07) is 18.1. The molecule has 1 aromatic heterocycles. The standard InChI is InChI=1S/C22H25N3O/c1-5-17(4)23-22(26)21-14-19(18-9-7-6-8-10-18)24-25(21)20-12-11-15(2)13-16(20)3/h6-14,17H,5H2,1-4H3,(H,23,26)/t17-/m1/s1. The van der Waals surface area contributed by atoms with E-state index < -0.39 is 0 Å². The predicted octanol–water partition coefficient (Wildman–Crippen LogP) is 4.68. The van der Waals surface area contributed by atoms with E-state index in [1.807, 2.05) is 62.4 Å². The number of hydrogen-bond donors (Lipinski definition) is 1. The van der Waals surface area contributed by atoms with Crippen molar-refractivity contribution in [2.45, 2.75) is 40.2 Å². The van der Waals surface area contributed by atoms with E-state index in [1.54, 1.807) is 4.68 Å². The Labute approximate surface area is 154 Å². The highest BCUT2D eigenvalue weighted by Crippen LogP contribution is 2.24. The molecule has 0 spiro atoms. The minimum Gasteiger partial charge on any atom is -0.348 e. The summed E-state index contributed by atoms with van der Waals surface area (Å²) in [6.45, 7) is 8.17. The molecule has 2 aromatic carbocycles. The zero-order valence-corrected chi connectivity index (χ0v) is 15.8. The Bertz CT molecular complexity index is 912. The molecule has 1 N–H and O–H groups in total. The van der Waals surface area contributed by atoms with Crippen LogP contribution >= 0.6 is 0 Å². The zero-order valence-electron chi connectivity index (χ0n) is 15.8. The second kappa shape index (κ2) is 7.56. The molecule has 4 heteroatoms. The van der Waals surface area contributed by atoms with Crippen LogP contribution in [-0.4, -0.2) is 21.7 Å². The number of rotatable bonds is 5. The SMILES string of the molecule is CC[C@@H](C)NC(=O)c1cc(-c2ccccc2)nn1-c1ccc(C)cc1C. The second-order valence-electron chi connectivity index (χ2n) is 6.77. The van der Waals surface area contributed by atoms with Gasteiger partial charge in [-0.15, -0.1) is 0 Å². The van der Waals surface area contributed by atoms with Gasteiger partial charge >= 0.3 is 0 Å². The van der Waals surface area contributed by atoms with Gasteiger partial charge in [0, 0.05) is 11.6 Å². The molecule has 1 heterocycles. The molecule has 0 fully saturated rings. The largest absolute Gasteiger partial charge is 0.348 e. The van der Waals surface area contributed by atoms with Gasteiger partial charge < -0.3 is 5.32 Å². The Hall–Kier alpha value is -2.88. The Morgan fingerprint density at radius 3 is 2.50 bits per heavy atom. The van der Waals surface area contributed by atoms with Crippen molar-refractivity contribution < 1.29 is 4.79 Å². The molecule has 3 rings (SSSR count). The molecule has 3 aromatic rings. The number of carbonyl (C=O) groups is 1. The molecule has 134 valence electrons. The number of nitrogens with one attached hydrogen (secondary N) is 1. The summed E-state index contributed by atoms with van der Waals surface area (Å²) in [4.78, 5) is 12.9. The molecule has 0 saturated carbocycles. The van der Waals surface area contributed by atoms with E-state index in [2.05, 4.69) is 25.2 Å². The van der Waals surface area contributed by atoms with Gasteiger partial charge in [-0.2, -0.15) is 5.10 Å². The summed E-state index contributed by atoms with van der Waals surface area (Å²) in [7, 11) is 0. The number of aromatic nitrogens is 2. The molecule has 26 heavy (non-hydrogen) atoms. The second-order valence-corrected chi connectivity index (χ2v) is 6.77. The first-order valence-corrected chi connectivity index (χ1v) is 9.03. The van der Waals surface area contributed by atoms with Crippen molar-refractivity contribution in [1.29, 1.82) is 0 Å². The highest BCUT2D eigenvalue weighted by molar-refractivity contribution is 5.94. The lowest BCUT2D eigenvalue weighted by Gasteiger charge is -2.14. The molecular weight excluding hydrogens is 322 g/mol. The molecule has 1 atom stereocenters. The molecule has 0 radical (unpaired) electrons. The lowest BCUT2D eigenvalue weighted by Crippen LogP contribution is -2.33. The minimum absolute atomic E-state index is 0.103. The van der Waals surface area contributed by atoms with E-state index in [1.165, 1.54) is 5.56 Å². The average Bonchev–Trinajstić information content (AvgIpc) is 3.07. The Morgan fingerprint density at radius 2 is 1.85 bits per heavy atom. The van der Waals surface area contributed by atoms with Gasteiger partial charge in [0.25, 0.3) is 5.91 Å². The zero-order chi connectivity index (χ0) is 18.7. The van der Waals surface area contributed by atoms with Gasteiger partial charge in [-0.25, -0.2) is 4.68 Å². The quantitative estimate of drug-likeness (QED) is 0.728. The number of amides is 1. The van der Waals surface area contributed by atoms with Crippen LogP contribution in [0, 0.1) is 13.8 Å². The van der Waals surface area contributed by atoms with E-state index in [0.29, 0.717) is 5.69 Å². The van der Waals surface area contributed by atoms with E-state index >= 15 is 0 Å². The van der Waals surface area contributed by atoms with Gasteiger partial charge in [0.1, 0.15) is 5.69 Å². The van der Waals surface area contributed by atoms with Crippen molar-refractivity contribution in [2.24, 2.45) is 0 Å². The maximum atomic E-state index is 12.9. The van der Waals surface area contributed by atoms with Crippen LogP contribution in [0.25, 0.3) is 16.9 Å². The molecular formula is C22H25N3O. The number of hydrogen-bond acceptors (Lipinski definition) is 2. The molecule has 4 nitrogen and oxygen atoms in total. The first-order chi connectivity index (χ1) is 12.5. The maximum Gasteiger partial charge on any atom is 0.270 e. The highest BCUT2D eigenvalue weighted by atomic mass is 16.2. The minimum atomic E-state index is -0.103. The van der Waals surface area contributed by atoms with Crippen molar-refractivity contribution in [3.63, 3.8) is 0 Å². The third kappa shape index (κ3) is 3.69. The van der Waals surface area contributed by atoms with Gasteiger partial charge in [0.2, 0.25) is 0 Å². The van der Waals surface area contributed by atoms with Crippen LogP contribution in [0.4, 0.5) is 0 Å². The number of aryl methyl sites for hydroxylation is 2. The van der Waals surface area contributed by atoms with Gasteiger partial charge in [-0.05, 0) is 44.9 Å². The Balaban J connectivity index is 2.11. The first-order valence-electron chi connectivity index (χ1n) is 9.03. The van der Waals surface area contributed by atoms with Crippen LogP contribution in [0.1, 0.15) is 41.9 Å². The van der Waals surface area contributed by atoms with Crippen LogP contribution in [0.2, 0.25) is 0 Å². The number of carbonyl (C=O) groups excluding carboxylic acids is 1. The van der Waals surface area contributed by atoms with E-state index in [-0.39, 0.29) is 11.9 Å². The van der Waals surface area contributed by atoms with Crippen molar-refractivity contribution >= 4 is 5.91 Å². The van der Waals surface area contributed by atoms with Gasteiger partial charge in [-0.3, -0.25) is 4.79 Å². The smallest absolute Gasteiger partial charge is 0.270 e. The summed E-state index contributed by atoms with van der Waals surface area (Å²) in [5, 5.41) is 7.80. The van der Waals surface area contributed by atoms with E-state index in [4.69, 9.17) is 5.10 Å². The predicted molar refractivity (Wildman–Crippen MR) is 106 cm³/mol. The van der Waals surface area contributed by atoms with Gasteiger partial charge in [0.05, 0.1) is 11.4 Å². The highest BCUT2D eigenvalue weighted by Gasteiger charge is 2.19. The summed E-state index contributed by atoms with van der Waals surface area (Å²) >= 11 is 0. The van der Waals surface area contributed by atoms with Crippen LogP contribution in [0.5, 0.6) is 0 Å². The first kappa shape index (κ1) is 17.9. The van der Waals surface area contributed by atoms with Crippen LogP contribution in [0.3, 0.4) is 0 Å². The fraction of sp³-hybridized carbons (Fsp3) is 0.273. The molecule has 1 amide bonds. The molecule has 0 bridgehead atoms. The van der Waals surface area contributed by atoms with Crippen LogP contribution in [0.15, 0.2) is 54.6 Å². The van der Waals surface area contributed by atoms with Crippen molar-refractivity contribution in [3.05, 3.63) is 71.4 Å². The fourth-order valence-corrected chi connectivity index (χ4v) is 2.92. The lowest BCUT2D eigenvalue weighted by molar-refractivity contribution is 0.0931. The topological polar surface area (TPSA) is 46.9 Å². The fourth-order valence-electron chi connectivity index (χ4n) is 2.92. The third-order valence-corrected chi connectivity index (χ3v) is 4.58. The number of benzene rings is 2. The molecule has 0 unspecified atom stereocenters. The van der Waals surface area contributed by atoms with E-state index in [0.717, 1.165) is 28.9 Å². The maximum absolute atomic E-state index is 12.9. The Morgan fingerprint density at radius 1 is 1.12 bits per heavy atom. The molecule has 0 aliphatic carbocycles. The summed E-state index contributed by atoms with van der Waals surface area (Å²) in [5.74, 6) is -0.103. The van der Waals surface area contributed by atoms with E-state index in [9.17, 15) is 4.79 Å². The van der Waals surface area contributed by atoms with Crippen LogP contribution in [-0.2, 0) is 0 Å². The Kier molecular flexibility index (Phi) is 5.21. The van der Waals surface area contributed by atoms with Gasteiger partial charge in [0.15, 0.2) is 0 Å². The number of nitrogens with zero attached hydrogens (tertiary/aromatic N) is 2. The summed E-state index contributed by atoms with van der Waals surface area (Å²) in [6.07, 6.45) is 0.884. The van der Waals surface area contributed by atoms with Crippen LogP contribution < -0.4 is 5.32 Å². The lowest BCUT2D eigenvalue weighted by atomic mass is 10.1. The third-order valence-electron chi connectivity index (χ3n) is 4.58. The van der Waals surface area contributed by atoms with Crippen molar-refractivity contribution in [1.82, 2.24) is 15.1 Å². The summed E-state index contributed by atoms with van der Waals surface area (Å²) < 4.78 is 1.76. The monoisotopic (exact) mass is 347 g/mol. The van der Waals surface area contributed by atoms with Crippen molar-refractivity contribution in [2.75, 3.05) is 0 Å². The molecule has 0 saturated heterocycles. The normalized spacial score (nSPS) is 12.0. The van der Waals surface area contributed by atoms with Crippen molar-refractivity contribution in [3.8, 4) is 16.9 Å².